The van der Waals surface area contributed by atoms with Gasteiger partial charge in [0, 0.05) is 44.5 Å². The lowest BCUT2D eigenvalue weighted by atomic mass is 10.1. The number of piperazine rings is 1. The second kappa shape index (κ2) is 5.98. The Morgan fingerprint density at radius 1 is 1.25 bits per heavy atom. The molecule has 0 atom stereocenters. The smallest absolute Gasteiger partial charge is 0.270 e. The highest BCUT2D eigenvalue weighted by Gasteiger charge is 2.25. The maximum Gasteiger partial charge on any atom is 0.270 e. The van der Waals surface area contributed by atoms with Crippen LogP contribution in [0, 0.1) is 5.92 Å². The van der Waals surface area contributed by atoms with E-state index in [1.165, 1.54) is 0 Å². The van der Waals surface area contributed by atoms with Crippen LogP contribution in [0.2, 0.25) is 0 Å². The van der Waals surface area contributed by atoms with Crippen LogP contribution >= 0.6 is 0 Å². The van der Waals surface area contributed by atoms with Crippen LogP contribution in [-0.2, 0) is 4.79 Å². The van der Waals surface area contributed by atoms with E-state index in [0.29, 0.717) is 49.9 Å². The number of aromatic amines is 1. The van der Waals surface area contributed by atoms with E-state index in [4.69, 9.17) is 5.73 Å². The topological polar surface area (TPSA) is 82.4 Å². The first kappa shape index (κ1) is 14.4. The number of rotatable bonds is 3. The molecule has 20 heavy (non-hydrogen) atoms. The fourth-order valence-electron chi connectivity index (χ4n) is 2.34. The summed E-state index contributed by atoms with van der Waals surface area (Å²) in [4.78, 5) is 30.6. The third-order valence-corrected chi connectivity index (χ3v) is 3.44. The number of nitrogens with two attached hydrogens (primary N) is 1. The minimum atomic E-state index is -0.0577. The van der Waals surface area contributed by atoms with Crippen LogP contribution in [-0.4, -0.2) is 52.8 Å². The zero-order valence-electron chi connectivity index (χ0n) is 12.1. The number of carbonyl (C=O) groups excluding carboxylic acids is 2. The van der Waals surface area contributed by atoms with E-state index in [-0.39, 0.29) is 11.8 Å². The Bertz CT molecular complexity index is 487. The molecule has 1 aliphatic heterocycles. The van der Waals surface area contributed by atoms with Crippen LogP contribution in [0.5, 0.6) is 0 Å². The average Bonchev–Trinajstić information content (AvgIpc) is 2.84. The van der Waals surface area contributed by atoms with Gasteiger partial charge >= 0.3 is 0 Å². The number of H-pyrrole nitrogens is 1. The van der Waals surface area contributed by atoms with Gasteiger partial charge in [0.25, 0.3) is 5.91 Å². The molecule has 3 N–H and O–H groups in total. The highest BCUT2D eigenvalue weighted by Crippen LogP contribution is 2.12. The minimum Gasteiger partial charge on any atom is -0.397 e. The van der Waals surface area contributed by atoms with Gasteiger partial charge in [0.1, 0.15) is 5.69 Å². The average molecular weight is 278 g/mol. The maximum absolute atomic E-state index is 12.2. The van der Waals surface area contributed by atoms with Gasteiger partial charge in [-0.25, -0.2) is 0 Å². The molecule has 0 aliphatic carbocycles. The van der Waals surface area contributed by atoms with Crippen molar-refractivity contribution in [3.63, 3.8) is 0 Å². The van der Waals surface area contributed by atoms with E-state index < -0.39 is 0 Å². The minimum absolute atomic E-state index is 0.0577. The van der Waals surface area contributed by atoms with Crippen LogP contribution in [0.1, 0.15) is 30.8 Å². The van der Waals surface area contributed by atoms with Gasteiger partial charge in [0.2, 0.25) is 5.91 Å². The monoisotopic (exact) mass is 278 g/mol. The quantitative estimate of drug-likeness (QED) is 0.862. The van der Waals surface area contributed by atoms with Crippen molar-refractivity contribution >= 4 is 17.5 Å². The molecule has 2 amide bonds. The van der Waals surface area contributed by atoms with E-state index in [1.807, 2.05) is 18.7 Å². The van der Waals surface area contributed by atoms with Gasteiger partial charge in [-0.1, -0.05) is 13.8 Å². The third-order valence-electron chi connectivity index (χ3n) is 3.44. The van der Waals surface area contributed by atoms with Crippen molar-refractivity contribution in [2.24, 2.45) is 5.92 Å². The van der Waals surface area contributed by atoms with Crippen LogP contribution in [0.25, 0.3) is 0 Å². The summed E-state index contributed by atoms with van der Waals surface area (Å²) < 4.78 is 0. The number of anilines is 1. The summed E-state index contributed by atoms with van der Waals surface area (Å²) in [6, 6.07) is 1.64. The molecule has 2 heterocycles. The Kier molecular flexibility index (Phi) is 4.32. The molecule has 0 unspecified atom stereocenters. The summed E-state index contributed by atoms with van der Waals surface area (Å²) in [7, 11) is 0. The molecule has 2 rings (SSSR count). The second-order valence-electron chi connectivity index (χ2n) is 5.62. The molecule has 0 spiro atoms. The lowest BCUT2D eigenvalue weighted by Crippen LogP contribution is -2.50. The SMILES string of the molecule is CC(C)CC(=O)N1CCN(C(=O)c2cc(N)c[nH]2)CC1. The van der Waals surface area contributed by atoms with Crippen molar-refractivity contribution in [2.45, 2.75) is 20.3 Å². The van der Waals surface area contributed by atoms with Gasteiger partial charge in [0.05, 0.1) is 0 Å². The molecule has 1 aromatic rings. The zero-order valence-corrected chi connectivity index (χ0v) is 12.1. The first-order chi connectivity index (χ1) is 9.47. The van der Waals surface area contributed by atoms with Crippen LogP contribution in [0.4, 0.5) is 5.69 Å². The molecule has 6 heteroatoms. The number of hydrogen-bond acceptors (Lipinski definition) is 3. The molecule has 0 bridgehead atoms. The molecule has 0 aromatic carbocycles. The summed E-state index contributed by atoms with van der Waals surface area (Å²) in [5.74, 6) is 0.484. The summed E-state index contributed by atoms with van der Waals surface area (Å²) in [5.41, 5.74) is 6.66. The number of amides is 2. The van der Waals surface area contributed by atoms with Crippen LogP contribution in [0.15, 0.2) is 12.3 Å². The predicted molar refractivity (Wildman–Crippen MR) is 77.1 cm³/mol. The number of aromatic nitrogens is 1. The molecule has 1 aromatic heterocycles. The van der Waals surface area contributed by atoms with E-state index in [2.05, 4.69) is 4.98 Å². The summed E-state index contributed by atoms with van der Waals surface area (Å²) in [5, 5.41) is 0. The van der Waals surface area contributed by atoms with Gasteiger partial charge in [-0.2, -0.15) is 0 Å². The standard InChI is InChI=1S/C14H22N4O2/c1-10(2)7-13(19)17-3-5-18(6-4-17)14(20)12-8-11(15)9-16-12/h8-10,16H,3-7,15H2,1-2H3. The molecule has 1 aliphatic rings. The Labute approximate surface area is 118 Å². The van der Waals surface area contributed by atoms with Crippen molar-refractivity contribution in [2.75, 3.05) is 31.9 Å². The summed E-state index contributed by atoms with van der Waals surface area (Å²) in [6.07, 6.45) is 2.18. The highest BCUT2D eigenvalue weighted by atomic mass is 16.2. The summed E-state index contributed by atoms with van der Waals surface area (Å²) in [6.45, 7) is 6.42. The highest BCUT2D eigenvalue weighted by molar-refractivity contribution is 5.93. The van der Waals surface area contributed by atoms with Crippen molar-refractivity contribution in [3.8, 4) is 0 Å². The molecule has 0 saturated carbocycles. The first-order valence-corrected chi connectivity index (χ1v) is 6.98. The van der Waals surface area contributed by atoms with Crippen LogP contribution < -0.4 is 5.73 Å². The number of nitrogens with one attached hydrogen (secondary N) is 1. The number of nitrogen functional groups attached to an aromatic ring is 1. The molecule has 0 radical (unpaired) electrons. The van der Waals surface area contributed by atoms with E-state index in [1.54, 1.807) is 17.2 Å². The fraction of sp³-hybridized carbons (Fsp3) is 0.571. The first-order valence-electron chi connectivity index (χ1n) is 6.98. The zero-order chi connectivity index (χ0) is 14.7. The van der Waals surface area contributed by atoms with E-state index in [9.17, 15) is 9.59 Å². The van der Waals surface area contributed by atoms with Gasteiger partial charge in [-0.15, -0.1) is 0 Å². The lowest BCUT2D eigenvalue weighted by molar-refractivity contribution is -0.133. The normalized spacial score (nSPS) is 15.8. The van der Waals surface area contributed by atoms with Crippen LogP contribution in [0.3, 0.4) is 0 Å². The van der Waals surface area contributed by atoms with E-state index in [0.717, 1.165) is 0 Å². The largest absolute Gasteiger partial charge is 0.397 e. The Morgan fingerprint density at radius 3 is 2.35 bits per heavy atom. The molecule has 1 saturated heterocycles. The Hall–Kier alpha value is -1.98. The predicted octanol–water partition coefficient (Wildman–Crippen LogP) is 0.927. The number of hydrogen-bond donors (Lipinski definition) is 2. The molecular formula is C14H22N4O2. The lowest BCUT2D eigenvalue weighted by Gasteiger charge is -2.35. The van der Waals surface area contributed by atoms with Crippen molar-refractivity contribution in [1.29, 1.82) is 0 Å². The Morgan fingerprint density at radius 2 is 1.85 bits per heavy atom. The van der Waals surface area contributed by atoms with Gasteiger partial charge in [-0.05, 0) is 12.0 Å². The summed E-state index contributed by atoms with van der Waals surface area (Å²) >= 11 is 0. The van der Waals surface area contributed by atoms with Crippen molar-refractivity contribution in [1.82, 2.24) is 14.8 Å². The van der Waals surface area contributed by atoms with Gasteiger partial charge in [-0.3, -0.25) is 9.59 Å². The van der Waals surface area contributed by atoms with E-state index >= 15 is 0 Å². The molecule has 110 valence electrons. The Balaban J connectivity index is 1.88. The number of carbonyl (C=O) groups is 2. The third kappa shape index (κ3) is 3.31. The molecular weight excluding hydrogens is 256 g/mol. The second-order valence-corrected chi connectivity index (χ2v) is 5.62. The number of nitrogens with zero attached hydrogens (tertiary/aromatic N) is 2. The maximum atomic E-state index is 12.2. The molecule has 6 nitrogen and oxygen atoms in total. The fourth-order valence-corrected chi connectivity index (χ4v) is 2.34. The molecule has 1 fully saturated rings. The van der Waals surface area contributed by atoms with Crippen molar-refractivity contribution < 1.29 is 9.59 Å². The van der Waals surface area contributed by atoms with Gasteiger partial charge in [0.15, 0.2) is 0 Å². The van der Waals surface area contributed by atoms with Gasteiger partial charge < -0.3 is 20.5 Å². The van der Waals surface area contributed by atoms with Crippen molar-refractivity contribution in [3.05, 3.63) is 18.0 Å².